The topological polar surface area (TPSA) is 237 Å². The van der Waals surface area contributed by atoms with Gasteiger partial charge in [0.15, 0.2) is 5.78 Å². The van der Waals surface area contributed by atoms with Gasteiger partial charge >= 0.3 is 11.9 Å². The van der Waals surface area contributed by atoms with E-state index in [0.717, 1.165) is 28.0 Å². The van der Waals surface area contributed by atoms with Crippen LogP contribution in [0.1, 0.15) is 53.3 Å². The summed E-state index contributed by atoms with van der Waals surface area (Å²) in [6, 6.07) is 67.0. The minimum atomic E-state index is -1.04. The number of amides is 2. The zero-order valence-corrected chi connectivity index (χ0v) is 43.9. The van der Waals surface area contributed by atoms with E-state index in [9.17, 15) is 33.9 Å². The average molecular weight is 1070 g/mol. The van der Waals surface area contributed by atoms with E-state index in [0.29, 0.717) is 41.0 Å². The molecule has 0 saturated carbocycles. The maximum atomic E-state index is 13.1. The number of carbonyl (C=O) groups is 6. The van der Waals surface area contributed by atoms with Crippen molar-refractivity contribution in [1.29, 1.82) is 0 Å². The minimum absolute atomic E-state index is 0.0577. The third-order valence-electron chi connectivity index (χ3n) is 11.2. The third-order valence-corrected chi connectivity index (χ3v) is 11.5. The molecule has 15 heteroatoms. The van der Waals surface area contributed by atoms with Gasteiger partial charge in [-0.3, -0.25) is 24.0 Å². The summed E-state index contributed by atoms with van der Waals surface area (Å²) in [6.45, 7) is 0. The summed E-state index contributed by atoms with van der Waals surface area (Å²) in [5.41, 5.74) is 16.7. The molecule has 0 aliphatic carbocycles. The molecule has 0 aliphatic heterocycles. The van der Waals surface area contributed by atoms with Crippen LogP contribution in [0.4, 0.5) is 5.69 Å². The van der Waals surface area contributed by atoms with Crippen molar-refractivity contribution in [2.75, 3.05) is 20.0 Å². The number of ketones is 1. The lowest BCUT2D eigenvalue weighted by Crippen LogP contribution is -2.43. The van der Waals surface area contributed by atoms with Gasteiger partial charge in [0.2, 0.25) is 0 Å². The number of nitrogens with two attached hydrogens (primary N) is 2. The number of ether oxygens (including phenoxy) is 2. The molecule has 0 spiro atoms. The lowest BCUT2D eigenvalue weighted by Gasteiger charge is -2.19. The number of carbonyl (C=O) groups excluding carboxylic acids is 4. The molecule has 0 fully saturated rings. The van der Waals surface area contributed by atoms with Crippen LogP contribution in [0.15, 0.2) is 231 Å². The lowest BCUT2D eigenvalue weighted by molar-refractivity contribution is -0.139. The van der Waals surface area contributed by atoms with Crippen LogP contribution in [-0.4, -0.2) is 77.3 Å². The Bertz CT molecular complexity index is 3070. The van der Waals surface area contributed by atoms with E-state index in [2.05, 4.69) is 10.6 Å². The third kappa shape index (κ3) is 22.6. The first-order valence-electron chi connectivity index (χ1n) is 24.5. The van der Waals surface area contributed by atoms with Crippen molar-refractivity contribution in [2.24, 2.45) is 5.73 Å². The standard InChI is InChI=1S/C24H23NO3.C16H15NO3.C9H11NO2.C7H5ClO.C7H9NO/c1-28-23-15-9-8-14-20(23)17-22(26)21(16-18-10-4-2-5-11-18)25-24(27)19-12-6-3-7-13-19;18-15(13-9-5-2-6-10-13)17-14(16(19)20)11-12-7-3-1-4-8-12;10-8(9(11)12)6-7-4-2-1-3-5-7;8-7(9)6-4-2-1-3-5-6;1-9-7-5-3-2-4-6(7)8/h2-15,21H,16-17H2,1H3,(H,25,27);1-10,14H,11H2,(H,17,18)(H,19,20);1-5,8H,6,10H2,(H,11,12);1-5H;2-5H,8H2,1H3. The lowest BCUT2D eigenvalue weighted by atomic mass is 9.97. The predicted octanol–water partition coefficient (Wildman–Crippen LogP) is 9.94. The van der Waals surface area contributed by atoms with Gasteiger partial charge in [0.25, 0.3) is 17.1 Å². The Morgan fingerprint density at radius 1 is 0.449 bits per heavy atom. The Morgan fingerprint density at radius 3 is 1.17 bits per heavy atom. The molecule has 8 aromatic rings. The fourth-order valence-corrected chi connectivity index (χ4v) is 7.28. The van der Waals surface area contributed by atoms with Gasteiger partial charge in [-0.1, -0.05) is 188 Å². The van der Waals surface area contributed by atoms with Gasteiger partial charge in [0, 0.05) is 35.1 Å². The summed E-state index contributed by atoms with van der Waals surface area (Å²) >= 11 is 5.16. The van der Waals surface area contributed by atoms with E-state index < -0.39 is 35.3 Å². The highest BCUT2D eigenvalue weighted by Crippen LogP contribution is 2.20. The van der Waals surface area contributed by atoms with E-state index >= 15 is 0 Å². The maximum Gasteiger partial charge on any atom is 0.326 e. The number of Topliss-reactive ketones (excluding diaryl/α,β-unsaturated/α-hetero) is 1. The first-order valence-corrected chi connectivity index (χ1v) is 24.9. The zero-order chi connectivity index (χ0) is 56.5. The molecule has 0 saturated heterocycles. The van der Waals surface area contributed by atoms with Gasteiger partial charge in [0.05, 0.1) is 25.9 Å². The van der Waals surface area contributed by atoms with Crippen molar-refractivity contribution in [1.82, 2.24) is 10.6 Å². The van der Waals surface area contributed by atoms with Crippen molar-refractivity contribution < 1.29 is 48.5 Å². The summed E-state index contributed by atoms with van der Waals surface area (Å²) in [7, 11) is 3.19. The highest BCUT2D eigenvalue weighted by molar-refractivity contribution is 6.67. The Kier molecular flexibility index (Phi) is 26.9. The second-order valence-electron chi connectivity index (χ2n) is 17.0. The molecule has 0 bridgehead atoms. The molecule has 78 heavy (non-hydrogen) atoms. The molecule has 8 N–H and O–H groups in total. The first-order chi connectivity index (χ1) is 37.7. The molecule has 8 aromatic carbocycles. The van der Waals surface area contributed by atoms with Gasteiger partial charge in [0.1, 0.15) is 23.6 Å². The van der Waals surface area contributed by atoms with Crippen LogP contribution in [0.3, 0.4) is 0 Å². The molecule has 8 rings (SSSR count). The fraction of sp³-hybridized carbons (Fsp3) is 0.143. The molecule has 3 unspecified atom stereocenters. The fourth-order valence-electron chi connectivity index (χ4n) is 7.16. The van der Waals surface area contributed by atoms with Crippen LogP contribution in [-0.2, 0) is 40.1 Å². The van der Waals surface area contributed by atoms with E-state index in [1.807, 2.05) is 146 Å². The summed E-state index contributed by atoms with van der Waals surface area (Å²) < 4.78 is 10.3. The molecule has 14 nitrogen and oxygen atoms in total. The van der Waals surface area contributed by atoms with E-state index in [1.54, 1.807) is 99.1 Å². The predicted molar refractivity (Wildman–Crippen MR) is 305 cm³/mol. The van der Waals surface area contributed by atoms with Crippen LogP contribution in [0.25, 0.3) is 0 Å². The average Bonchev–Trinajstić information content (AvgIpc) is 3.47. The number of nitrogens with one attached hydrogen (secondary N) is 2. The Balaban J connectivity index is 0.000000228. The van der Waals surface area contributed by atoms with Crippen molar-refractivity contribution in [2.45, 2.75) is 43.8 Å². The first kappa shape index (κ1) is 61.2. The number of hydrogen-bond acceptors (Lipinski definition) is 10. The van der Waals surface area contributed by atoms with Crippen molar-refractivity contribution in [3.05, 3.63) is 269 Å². The maximum absolute atomic E-state index is 13.1. The second-order valence-corrected chi connectivity index (χ2v) is 17.3. The van der Waals surface area contributed by atoms with Crippen LogP contribution >= 0.6 is 11.6 Å². The monoisotopic (exact) mass is 1070 g/mol. The number of rotatable bonds is 18. The van der Waals surface area contributed by atoms with Crippen LogP contribution in [0.2, 0.25) is 0 Å². The minimum Gasteiger partial charge on any atom is -0.496 e. The number of benzene rings is 8. The summed E-state index contributed by atoms with van der Waals surface area (Å²) in [4.78, 5) is 69.7. The summed E-state index contributed by atoms with van der Waals surface area (Å²) in [6.07, 6.45) is 1.27. The molecular formula is C63H63ClN4O10. The van der Waals surface area contributed by atoms with Gasteiger partial charge in [-0.05, 0) is 83.6 Å². The number of hydrogen-bond donors (Lipinski definition) is 6. The largest absolute Gasteiger partial charge is 0.496 e. The number of nitrogen functional groups attached to an aromatic ring is 1. The molecule has 0 heterocycles. The second kappa shape index (κ2) is 34.2. The van der Waals surface area contributed by atoms with Gasteiger partial charge in [-0.25, -0.2) is 4.79 Å². The summed E-state index contributed by atoms with van der Waals surface area (Å²) in [5.74, 6) is -1.29. The zero-order valence-electron chi connectivity index (χ0n) is 43.2. The number of anilines is 1. The molecule has 0 radical (unpaired) electrons. The van der Waals surface area contributed by atoms with Crippen molar-refractivity contribution >= 4 is 52.1 Å². The SMILES string of the molecule is COc1ccccc1CC(=O)C(Cc1ccccc1)NC(=O)c1ccccc1.COc1ccccc1N.NC(Cc1ccccc1)C(=O)O.O=C(Cl)c1ccccc1.O=C(NC(Cc1ccccc1)C(=O)O)c1ccccc1. The molecule has 3 atom stereocenters. The molecule has 0 aromatic heterocycles. The van der Waals surface area contributed by atoms with Gasteiger partial charge in [-0.15, -0.1) is 0 Å². The van der Waals surface area contributed by atoms with E-state index in [-0.39, 0.29) is 30.4 Å². The van der Waals surface area contributed by atoms with Gasteiger partial charge < -0.3 is 41.8 Å². The number of carboxylic acids is 2. The quantitative estimate of drug-likeness (QED) is 0.0348. The van der Waals surface area contributed by atoms with Crippen LogP contribution in [0.5, 0.6) is 11.5 Å². The number of halogens is 1. The Labute approximate surface area is 459 Å². The van der Waals surface area contributed by atoms with E-state index in [4.69, 9.17) is 37.6 Å². The number of aliphatic carboxylic acids is 2. The Hall–Kier alpha value is -9.37. The van der Waals surface area contributed by atoms with Crippen molar-refractivity contribution in [3.63, 3.8) is 0 Å². The van der Waals surface area contributed by atoms with Crippen molar-refractivity contribution in [3.8, 4) is 11.5 Å². The molecule has 402 valence electrons. The highest BCUT2D eigenvalue weighted by Gasteiger charge is 2.24. The van der Waals surface area contributed by atoms with Gasteiger partial charge in [-0.2, -0.15) is 0 Å². The smallest absolute Gasteiger partial charge is 0.326 e. The number of para-hydroxylation sites is 3. The molecule has 0 aliphatic rings. The highest BCUT2D eigenvalue weighted by atomic mass is 35.5. The Morgan fingerprint density at radius 2 is 0.795 bits per heavy atom. The molecular weight excluding hydrogens is 1010 g/mol. The molecule has 2 amide bonds. The van der Waals surface area contributed by atoms with Crippen LogP contribution < -0.4 is 31.6 Å². The van der Waals surface area contributed by atoms with E-state index in [1.165, 1.54) is 0 Å². The van der Waals surface area contributed by atoms with Crippen LogP contribution in [0, 0.1) is 0 Å². The number of methoxy groups -OCH3 is 2. The normalized spacial score (nSPS) is 11.1. The summed E-state index contributed by atoms with van der Waals surface area (Å²) in [5, 5.41) is 22.8. The number of carboxylic acid groups (broad SMARTS) is 2.